The number of esters is 4. The van der Waals surface area contributed by atoms with Gasteiger partial charge in [-0.1, -0.05) is 319 Å². The normalized spacial score (nSPS) is 14.8. The van der Waals surface area contributed by atoms with E-state index < -0.39 is 97.5 Å². The van der Waals surface area contributed by atoms with Crippen molar-refractivity contribution < 1.29 is 80.2 Å². The highest BCUT2D eigenvalue weighted by Gasteiger charge is 2.30. The maximum atomic E-state index is 13.1. The van der Waals surface area contributed by atoms with Gasteiger partial charge in [0.1, 0.15) is 19.3 Å². The molecular formula is C74H144O17P2. The van der Waals surface area contributed by atoms with Gasteiger partial charge in [-0.15, -0.1) is 0 Å². The van der Waals surface area contributed by atoms with E-state index in [0.717, 1.165) is 108 Å². The summed E-state index contributed by atoms with van der Waals surface area (Å²) < 4.78 is 68.4. The molecule has 552 valence electrons. The number of phosphoric ester groups is 2. The Kier molecular flexibility index (Phi) is 62.2. The minimum Gasteiger partial charge on any atom is -0.462 e. The Morgan fingerprint density at radius 2 is 0.516 bits per heavy atom. The molecule has 0 radical (unpaired) electrons. The zero-order valence-electron chi connectivity index (χ0n) is 60.9. The smallest absolute Gasteiger partial charge is 0.462 e. The molecule has 93 heavy (non-hydrogen) atoms. The van der Waals surface area contributed by atoms with Gasteiger partial charge in [0.15, 0.2) is 12.2 Å². The number of carbonyl (C=O) groups is 4. The highest BCUT2D eigenvalue weighted by atomic mass is 31.2. The van der Waals surface area contributed by atoms with E-state index in [4.69, 9.17) is 37.0 Å². The lowest BCUT2D eigenvalue weighted by Crippen LogP contribution is -2.30. The van der Waals surface area contributed by atoms with Crippen LogP contribution >= 0.6 is 15.6 Å². The van der Waals surface area contributed by atoms with Crippen molar-refractivity contribution in [2.45, 2.75) is 388 Å². The third kappa shape index (κ3) is 65.8. The SMILES string of the molecule is CCC(C)CCCCCCCCCCCCCCCCC(=O)O[C@H](COC(=O)CCCCCCCCCCCCC(C)CC)COP(=O)(O)OCC(O)COP(=O)(O)OC[C@@H](COC(=O)CCCCCCCCCCC(C)C)OC(=O)CCCCCCCCCC(C)C. The van der Waals surface area contributed by atoms with Gasteiger partial charge in [0.2, 0.25) is 0 Å². The molecule has 0 rings (SSSR count). The van der Waals surface area contributed by atoms with Gasteiger partial charge < -0.3 is 33.8 Å². The largest absolute Gasteiger partial charge is 0.472 e. The highest BCUT2D eigenvalue weighted by molar-refractivity contribution is 7.47. The maximum Gasteiger partial charge on any atom is 0.472 e. The quantitative estimate of drug-likeness (QED) is 0.0222. The highest BCUT2D eigenvalue weighted by Crippen LogP contribution is 2.45. The zero-order chi connectivity index (χ0) is 68.9. The minimum atomic E-state index is -4.96. The first-order valence-electron chi connectivity index (χ1n) is 38.3. The molecule has 0 aromatic carbocycles. The van der Waals surface area contributed by atoms with Crippen molar-refractivity contribution in [1.82, 2.24) is 0 Å². The van der Waals surface area contributed by atoms with E-state index in [1.807, 2.05) is 0 Å². The summed E-state index contributed by atoms with van der Waals surface area (Å²) in [6, 6.07) is 0. The molecule has 0 aliphatic rings. The molecule has 0 aromatic heterocycles. The zero-order valence-corrected chi connectivity index (χ0v) is 62.7. The molecule has 0 bridgehead atoms. The first kappa shape index (κ1) is 91.1. The van der Waals surface area contributed by atoms with Gasteiger partial charge in [-0.05, 0) is 49.4 Å². The summed E-state index contributed by atoms with van der Waals surface area (Å²) in [5.74, 6) is 0.951. The lowest BCUT2D eigenvalue weighted by Gasteiger charge is -2.21. The summed E-state index contributed by atoms with van der Waals surface area (Å²) >= 11 is 0. The van der Waals surface area contributed by atoms with E-state index in [1.165, 1.54) is 173 Å². The van der Waals surface area contributed by atoms with Crippen LogP contribution in [0.1, 0.15) is 370 Å². The molecule has 0 aliphatic carbocycles. The van der Waals surface area contributed by atoms with E-state index in [-0.39, 0.29) is 25.7 Å². The number of hydrogen-bond donors (Lipinski definition) is 3. The number of phosphoric acid groups is 2. The van der Waals surface area contributed by atoms with Crippen LogP contribution in [-0.2, 0) is 65.4 Å². The van der Waals surface area contributed by atoms with Crippen molar-refractivity contribution in [3.8, 4) is 0 Å². The van der Waals surface area contributed by atoms with Crippen LogP contribution in [0.4, 0.5) is 0 Å². The van der Waals surface area contributed by atoms with Crippen LogP contribution in [0, 0.1) is 23.7 Å². The minimum absolute atomic E-state index is 0.103. The van der Waals surface area contributed by atoms with Gasteiger partial charge in [-0.3, -0.25) is 37.3 Å². The van der Waals surface area contributed by atoms with Gasteiger partial charge in [0.25, 0.3) is 0 Å². The van der Waals surface area contributed by atoms with Crippen molar-refractivity contribution in [1.29, 1.82) is 0 Å². The maximum absolute atomic E-state index is 13.1. The van der Waals surface area contributed by atoms with Crippen LogP contribution in [-0.4, -0.2) is 96.7 Å². The summed E-state index contributed by atoms with van der Waals surface area (Å²) in [6.07, 6.45) is 47.2. The van der Waals surface area contributed by atoms with Crippen LogP contribution in [0.5, 0.6) is 0 Å². The van der Waals surface area contributed by atoms with Gasteiger partial charge in [-0.25, -0.2) is 9.13 Å². The van der Waals surface area contributed by atoms with E-state index in [2.05, 4.69) is 55.4 Å². The number of carbonyl (C=O) groups excluding carboxylic acids is 4. The van der Waals surface area contributed by atoms with Crippen molar-refractivity contribution in [2.24, 2.45) is 23.7 Å². The summed E-state index contributed by atoms with van der Waals surface area (Å²) in [5, 5.41) is 10.6. The Labute approximate surface area is 568 Å². The molecule has 0 heterocycles. The molecule has 0 aromatic rings. The van der Waals surface area contributed by atoms with Gasteiger partial charge in [-0.2, -0.15) is 0 Å². The third-order valence-corrected chi connectivity index (χ3v) is 19.7. The molecule has 5 unspecified atom stereocenters. The van der Waals surface area contributed by atoms with E-state index in [0.29, 0.717) is 31.6 Å². The average Bonchev–Trinajstić information content (AvgIpc) is 3.59. The number of unbranched alkanes of at least 4 members (excludes halogenated alkanes) is 35. The van der Waals surface area contributed by atoms with Crippen molar-refractivity contribution >= 4 is 39.5 Å². The molecule has 0 saturated carbocycles. The Bertz CT molecular complexity index is 1840. The lowest BCUT2D eigenvalue weighted by molar-refractivity contribution is -0.161. The molecule has 0 aliphatic heterocycles. The van der Waals surface area contributed by atoms with E-state index >= 15 is 0 Å². The molecule has 19 heteroatoms. The number of aliphatic hydroxyl groups excluding tert-OH is 1. The first-order chi connectivity index (χ1) is 44.7. The number of aliphatic hydroxyl groups is 1. The molecule has 0 saturated heterocycles. The second-order valence-electron chi connectivity index (χ2n) is 28.1. The molecule has 0 fully saturated rings. The third-order valence-electron chi connectivity index (χ3n) is 17.8. The number of hydrogen-bond acceptors (Lipinski definition) is 15. The number of rotatable bonds is 71. The fourth-order valence-electron chi connectivity index (χ4n) is 11.1. The predicted molar refractivity (Wildman–Crippen MR) is 377 cm³/mol. The van der Waals surface area contributed by atoms with Crippen LogP contribution in [0.15, 0.2) is 0 Å². The van der Waals surface area contributed by atoms with Crippen molar-refractivity contribution in [2.75, 3.05) is 39.6 Å². The Morgan fingerprint density at radius 1 is 0.301 bits per heavy atom. The molecule has 17 nitrogen and oxygen atoms in total. The fourth-order valence-corrected chi connectivity index (χ4v) is 12.7. The first-order valence-corrected chi connectivity index (χ1v) is 41.3. The van der Waals surface area contributed by atoms with Crippen molar-refractivity contribution in [3.05, 3.63) is 0 Å². The summed E-state index contributed by atoms with van der Waals surface area (Å²) in [5.41, 5.74) is 0. The molecule has 3 N–H and O–H groups in total. The topological polar surface area (TPSA) is 237 Å². The Balaban J connectivity index is 5.24. The van der Waals surface area contributed by atoms with Gasteiger partial charge >= 0.3 is 39.5 Å². The lowest BCUT2D eigenvalue weighted by atomic mass is 9.99. The second kappa shape index (κ2) is 63.5. The van der Waals surface area contributed by atoms with Gasteiger partial charge in [0, 0.05) is 25.7 Å². The molecule has 0 amide bonds. The van der Waals surface area contributed by atoms with Crippen LogP contribution in [0.25, 0.3) is 0 Å². The summed E-state index contributed by atoms with van der Waals surface area (Å²) in [7, 11) is -9.91. The van der Waals surface area contributed by atoms with E-state index in [9.17, 15) is 43.2 Å². The Hall–Kier alpha value is -1.94. The van der Waals surface area contributed by atoms with Gasteiger partial charge in [0.05, 0.1) is 26.4 Å². The molecule has 0 spiro atoms. The average molecular weight is 1370 g/mol. The second-order valence-corrected chi connectivity index (χ2v) is 31.0. The van der Waals surface area contributed by atoms with Crippen LogP contribution in [0.2, 0.25) is 0 Å². The number of ether oxygens (including phenoxy) is 4. The van der Waals surface area contributed by atoms with Crippen LogP contribution in [0.3, 0.4) is 0 Å². The van der Waals surface area contributed by atoms with Crippen LogP contribution < -0.4 is 0 Å². The standard InChI is InChI=1S/C74H144O17P2/c1-9-66(7)52-44-36-28-19-15-13-11-12-14-16-22-32-40-48-56-73(78)90-69(60-84-71(76)54-46-38-30-21-18-17-20-29-37-45-53-67(8)10-2)62-88-92(80,81)86-58-68(75)59-87-93(82,83)89-63-70(91-74(79)57-49-41-33-25-27-35-43-51-65(5)6)61-85-72(77)55-47-39-31-24-23-26-34-42-50-64(3)4/h64-70,75H,9-63H2,1-8H3,(H,80,81)(H,82,83)/t66?,67?,68?,69-,70-/m1/s1. The summed E-state index contributed by atoms with van der Waals surface area (Å²) in [6.45, 7) is 14.2. The van der Waals surface area contributed by atoms with E-state index in [1.54, 1.807) is 0 Å². The predicted octanol–water partition coefficient (Wildman–Crippen LogP) is 21.3. The van der Waals surface area contributed by atoms with Crippen molar-refractivity contribution in [3.63, 3.8) is 0 Å². The molecular weight excluding hydrogens is 1220 g/mol. The monoisotopic (exact) mass is 1370 g/mol. The summed E-state index contributed by atoms with van der Waals surface area (Å²) in [4.78, 5) is 72.7. The Morgan fingerprint density at radius 3 is 0.763 bits per heavy atom. The molecule has 7 atom stereocenters. The fraction of sp³-hybridized carbons (Fsp3) is 0.946.